The van der Waals surface area contributed by atoms with Gasteiger partial charge in [-0.15, -0.1) is 0 Å². The van der Waals surface area contributed by atoms with Gasteiger partial charge in [0.1, 0.15) is 0 Å². The van der Waals surface area contributed by atoms with Crippen LogP contribution in [0, 0.1) is 17.8 Å². The van der Waals surface area contributed by atoms with E-state index < -0.39 is 0 Å². The molecule has 23 heavy (non-hydrogen) atoms. The molecule has 3 atom stereocenters. The molecule has 5 heteroatoms. The predicted octanol–water partition coefficient (Wildman–Crippen LogP) is 1.83. The first-order chi connectivity index (χ1) is 11.2. The topological polar surface area (TPSA) is 52.2 Å². The molecule has 1 saturated carbocycles. The Morgan fingerprint density at radius 3 is 2.91 bits per heavy atom. The number of aromatic nitrogens is 2. The minimum Gasteiger partial charge on any atom is -0.338 e. The Balaban J connectivity index is 1.32. The number of piperidine rings is 1. The zero-order valence-corrected chi connectivity index (χ0v) is 14.1. The van der Waals surface area contributed by atoms with E-state index >= 15 is 0 Å². The summed E-state index contributed by atoms with van der Waals surface area (Å²) in [4.78, 5) is 17.4. The molecule has 0 aromatic carbocycles. The highest BCUT2D eigenvalue weighted by Gasteiger charge is 2.60. The quantitative estimate of drug-likeness (QED) is 0.863. The first-order valence-electron chi connectivity index (χ1n) is 8.87. The molecule has 0 spiro atoms. The van der Waals surface area contributed by atoms with Gasteiger partial charge in [0.15, 0.2) is 0 Å². The maximum Gasteiger partial charge on any atom is 0.226 e. The molecule has 0 bridgehead atoms. The summed E-state index contributed by atoms with van der Waals surface area (Å²) in [5, 5.41) is 7.13. The average Bonchev–Trinajstić information content (AvgIpc) is 2.95. The van der Waals surface area contributed by atoms with Crippen LogP contribution in [0.3, 0.4) is 0 Å². The molecule has 1 aliphatic carbocycles. The number of carbonyl (C=O) groups excluding carboxylic acids is 1. The maximum atomic E-state index is 12.8. The Labute approximate surface area is 137 Å². The standard InChI is InChI=1S/C18H26N4O/c1-3-12(4-2)8-21-10-14-15(11-21)17(14)18(23)22-6-5-16-13(9-22)7-19-20-16/h3,7,14-15,17H,4-6,8-11H2,1-2H3,(H,19,20)/b12-3+/t14-,15+,17?. The molecule has 124 valence electrons. The minimum atomic E-state index is 0.287. The van der Waals surface area contributed by atoms with Gasteiger partial charge in [-0.25, -0.2) is 0 Å². The molecule has 2 aliphatic heterocycles. The van der Waals surface area contributed by atoms with E-state index in [2.05, 4.69) is 39.9 Å². The Morgan fingerprint density at radius 2 is 2.22 bits per heavy atom. The van der Waals surface area contributed by atoms with Gasteiger partial charge in [0.2, 0.25) is 5.91 Å². The van der Waals surface area contributed by atoms with Crippen LogP contribution in [0.25, 0.3) is 0 Å². The smallest absolute Gasteiger partial charge is 0.226 e. The van der Waals surface area contributed by atoms with Crippen LogP contribution in [-0.2, 0) is 17.8 Å². The SMILES string of the molecule is C/C=C(\CC)CN1C[C@@H]2C(C(=O)N3CCc4[nH]ncc4C3)[C@@H]2C1. The lowest BCUT2D eigenvalue weighted by Gasteiger charge is -2.28. The van der Waals surface area contributed by atoms with Crippen molar-refractivity contribution < 1.29 is 4.79 Å². The molecular weight excluding hydrogens is 288 g/mol. The van der Waals surface area contributed by atoms with Gasteiger partial charge in [-0.05, 0) is 25.2 Å². The summed E-state index contributed by atoms with van der Waals surface area (Å²) in [7, 11) is 0. The van der Waals surface area contributed by atoms with Crippen molar-refractivity contribution in [2.75, 3.05) is 26.2 Å². The van der Waals surface area contributed by atoms with Crippen LogP contribution in [0.2, 0.25) is 0 Å². The third-order valence-electron chi connectivity index (χ3n) is 5.96. The number of amides is 1. The molecule has 2 fully saturated rings. The van der Waals surface area contributed by atoms with Crippen LogP contribution in [0.5, 0.6) is 0 Å². The number of carbonyl (C=O) groups is 1. The summed E-state index contributed by atoms with van der Waals surface area (Å²) in [6, 6.07) is 0. The van der Waals surface area contributed by atoms with Crippen molar-refractivity contribution in [2.45, 2.75) is 33.2 Å². The number of allylic oxidation sites excluding steroid dienone is 1. The van der Waals surface area contributed by atoms with Gasteiger partial charge in [-0.3, -0.25) is 14.8 Å². The Morgan fingerprint density at radius 1 is 1.43 bits per heavy atom. The van der Waals surface area contributed by atoms with E-state index in [0.717, 1.165) is 45.6 Å². The van der Waals surface area contributed by atoms with Crippen LogP contribution in [0.15, 0.2) is 17.8 Å². The maximum absolute atomic E-state index is 12.8. The molecule has 1 N–H and O–H groups in total. The lowest BCUT2D eigenvalue weighted by molar-refractivity contribution is -0.134. The summed E-state index contributed by atoms with van der Waals surface area (Å²) in [5.74, 6) is 1.87. The van der Waals surface area contributed by atoms with Crippen molar-refractivity contribution >= 4 is 5.91 Å². The molecule has 1 amide bonds. The lowest BCUT2D eigenvalue weighted by atomic mass is 10.1. The van der Waals surface area contributed by atoms with Crippen LogP contribution < -0.4 is 0 Å². The van der Waals surface area contributed by atoms with E-state index in [1.54, 1.807) is 0 Å². The van der Waals surface area contributed by atoms with Crippen LogP contribution in [-0.4, -0.2) is 52.1 Å². The van der Waals surface area contributed by atoms with Gasteiger partial charge < -0.3 is 4.90 Å². The predicted molar refractivity (Wildman–Crippen MR) is 88.7 cm³/mol. The van der Waals surface area contributed by atoms with E-state index in [0.29, 0.717) is 17.7 Å². The molecule has 1 saturated heterocycles. The van der Waals surface area contributed by atoms with E-state index in [1.165, 1.54) is 16.8 Å². The molecule has 1 aromatic heterocycles. The first kappa shape index (κ1) is 14.9. The third-order valence-corrected chi connectivity index (χ3v) is 5.96. The van der Waals surface area contributed by atoms with E-state index in [1.807, 2.05) is 6.20 Å². The molecule has 1 unspecified atom stereocenters. The van der Waals surface area contributed by atoms with Gasteiger partial charge in [-0.2, -0.15) is 5.10 Å². The first-order valence-corrected chi connectivity index (χ1v) is 8.87. The molecule has 4 rings (SSSR count). The van der Waals surface area contributed by atoms with Crippen LogP contribution in [0.1, 0.15) is 31.5 Å². The summed E-state index contributed by atoms with van der Waals surface area (Å²) in [5.41, 5.74) is 3.91. The van der Waals surface area contributed by atoms with E-state index in [4.69, 9.17) is 0 Å². The van der Waals surface area contributed by atoms with Crippen molar-refractivity contribution in [1.29, 1.82) is 0 Å². The largest absolute Gasteiger partial charge is 0.338 e. The van der Waals surface area contributed by atoms with Crippen molar-refractivity contribution in [3.63, 3.8) is 0 Å². The van der Waals surface area contributed by atoms with Gasteiger partial charge in [-0.1, -0.05) is 18.6 Å². The summed E-state index contributed by atoms with van der Waals surface area (Å²) in [6.07, 6.45) is 6.15. The Bertz CT molecular complexity index is 623. The van der Waals surface area contributed by atoms with Crippen LogP contribution >= 0.6 is 0 Å². The number of rotatable bonds is 4. The molecule has 5 nitrogen and oxygen atoms in total. The van der Waals surface area contributed by atoms with Crippen molar-refractivity contribution in [3.05, 3.63) is 29.1 Å². The summed E-state index contributed by atoms with van der Waals surface area (Å²) < 4.78 is 0. The fourth-order valence-corrected chi connectivity index (χ4v) is 4.42. The molecule has 0 radical (unpaired) electrons. The highest BCUT2D eigenvalue weighted by atomic mass is 16.2. The fraction of sp³-hybridized carbons (Fsp3) is 0.667. The minimum absolute atomic E-state index is 0.287. The molecular formula is C18H26N4O. The van der Waals surface area contributed by atoms with E-state index in [-0.39, 0.29) is 5.92 Å². The zero-order valence-electron chi connectivity index (χ0n) is 14.1. The van der Waals surface area contributed by atoms with Crippen molar-refractivity contribution in [3.8, 4) is 0 Å². The number of hydrogen-bond acceptors (Lipinski definition) is 3. The van der Waals surface area contributed by atoms with Gasteiger partial charge in [0.05, 0.1) is 6.20 Å². The number of aromatic amines is 1. The summed E-state index contributed by atoms with van der Waals surface area (Å²) in [6.45, 7) is 9.21. The number of hydrogen-bond donors (Lipinski definition) is 1. The van der Waals surface area contributed by atoms with Crippen LogP contribution in [0.4, 0.5) is 0 Å². The second-order valence-corrected chi connectivity index (χ2v) is 7.23. The Hall–Kier alpha value is -1.62. The number of nitrogens with zero attached hydrogens (tertiary/aromatic N) is 3. The molecule has 3 heterocycles. The number of nitrogens with one attached hydrogen (secondary N) is 1. The highest BCUT2D eigenvalue weighted by Crippen LogP contribution is 2.52. The molecule has 1 aromatic rings. The van der Waals surface area contributed by atoms with E-state index in [9.17, 15) is 4.79 Å². The van der Waals surface area contributed by atoms with Gasteiger partial charge in [0.25, 0.3) is 0 Å². The van der Waals surface area contributed by atoms with Gasteiger partial charge >= 0.3 is 0 Å². The fourth-order valence-electron chi connectivity index (χ4n) is 4.42. The van der Waals surface area contributed by atoms with Gasteiger partial charge in [0, 0.05) is 56.3 Å². The molecule has 3 aliphatic rings. The summed E-state index contributed by atoms with van der Waals surface area (Å²) >= 11 is 0. The average molecular weight is 314 g/mol. The van der Waals surface area contributed by atoms with Crippen molar-refractivity contribution in [2.24, 2.45) is 17.8 Å². The monoisotopic (exact) mass is 314 g/mol. The Kier molecular flexibility index (Phi) is 3.76. The second kappa shape index (κ2) is 5.78. The highest BCUT2D eigenvalue weighted by molar-refractivity contribution is 5.83. The second-order valence-electron chi connectivity index (χ2n) is 7.23. The number of fused-ring (bicyclic) bond motifs is 2. The lowest BCUT2D eigenvalue weighted by Crippen LogP contribution is -2.39. The van der Waals surface area contributed by atoms with Crippen molar-refractivity contribution in [1.82, 2.24) is 20.0 Å². The third kappa shape index (κ3) is 2.61. The number of H-pyrrole nitrogens is 1. The number of likely N-dealkylation sites (tertiary alicyclic amines) is 1. The zero-order chi connectivity index (χ0) is 16.0. The normalized spacial score (nSPS) is 30.3.